The standard InChI is InChI=1S/C18H17ClN2O5S/c1-11(12-3-6-14(19)7-4-12)20-17(22)10-26-18(23)13-5-8-16(27-2)15(9-13)21(24)25/h3-9,11H,10H2,1-2H3,(H,20,22)/t11-/m0/s1. The number of thioether (sulfide) groups is 1. The lowest BCUT2D eigenvalue weighted by atomic mass is 10.1. The van der Waals surface area contributed by atoms with Crippen LogP contribution in [0.2, 0.25) is 5.02 Å². The van der Waals surface area contributed by atoms with E-state index in [1.165, 1.54) is 23.9 Å². The Hall–Kier alpha value is -2.58. The summed E-state index contributed by atoms with van der Waals surface area (Å²) in [7, 11) is 0. The highest BCUT2D eigenvalue weighted by Gasteiger charge is 2.19. The lowest BCUT2D eigenvalue weighted by Gasteiger charge is -2.14. The van der Waals surface area contributed by atoms with Gasteiger partial charge in [0.2, 0.25) is 0 Å². The van der Waals surface area contributed by atoms with Crippen molar-refractivity contribution in [1.82, 2.24) is 5.32 Å². The van der Waals surface area contributed by atoms with Gasteiger partial charge in [0.25, 0.3) is 11.6 Å². The smallest absolute Gasteiger partial charge is 0.338 e. The maximum atomic E-state index is 12.1. The average Bonchev–Trinajstić information content (AvgIpc) is 2.65. The third-order valence-corrected chi connectivity index (χ3v) is 4.73. The molecule has 9 heteroatoms. The van der Waals surface area contributed by atoms with Crippen LogP contribution in [0.15, 0.2) is 47.4 Å². The second-order valence-electron chi connectivity index (χ2n) is 5.56. The summed E-state index contributed by atoms with van der Waals surface area (Å²) in [6.45, 7) is 1.29. The van der Waals surface area contributed by atoms with Crippen molar-refractivity contribution in [3.05, 3.63) is 68.7 Å². The summed E-state index contributed by atoms with van der Waals surface area (Å²) in [5.41, 5.74) is 0.679. The number of ether oxygens (including phenoxy) is 1. The molecule has 0 fully saturated rings. The first-order valence-corrected chi connectivity index (χ1v) is 9.46. The van der Waals surface area contributed by atoms with Crippen molar-refractivity contribution in [3.8, 4) is 0 Å². The molecule has 142 valence electrons. The predicted octanol–water partition coefficient (Wildman–Crippen LogP) is 4.00. The summed E-state index contributed by atoms with van der Waals surface area (Å²) in [5.74, 6) is -1.29. The van der Waals surface area contributed by atoms with Crippen molar-refractivity contribution in [1.29, 1.82) is 0 Å². The number of halogens is 1. The second-order valence-corrected chi connectivity index (χ2v) is 6.85. The van der Waals surface area contributed by atoms with E-state index in [-0.39, 0.29) is 17.3 Å². The fourth-order valence-electron chi connectivity index (χ4n) is 2.29. The van der Waals surface area contributed by atoms with Gasteiger partial charge < -0.3 is 10.1 Å². The number of benzene rings is 2. The largest absolute Gasteiger partial charge is 0.452 e. The first-order valence-electron chi connectivity index (χ1n) is 7.86. The minimum atomic E-state index is -0.806. The Bertz CT molecular complexity index is 857. The van der Waals surface area contributed by atoms with Gasteiger partial charge in [0.15, 0.2) is 6.61 Å². The molecule has 7 nitrogen and oxygen atoms in total. The lowest BCUT2D eigenvalue weighted by Crippen LogP contribution is -2.31. The molecule has 0 spiro atoms. The molecule has 1 N–H and O–H groups in total. The Morgan fingerprint density at radius 3 is 2.52 bits per heavy atom. The zero-order chi connectivity index (χ0) is 20.0. The zero-order valence-corrected chi connectivity index (χ0v) is 16.2. The fraction of sp³-hybridized carbons (Fsp3) is 0.222. The van der Waals surface area contributed by atoms with Gasteiger partial charge in [0, 0.05) is 11.1 Å². The molecule has 0 bridgehead atoms. The summed E-state index contributed by atoms with van der Waals surface area (Å²) < 4.78 is 4.95. The Kier molecular flexibility index (Phi) is 7.20. The van der Waals surface area contributed by atoms with Gasteiger partial charge in [-0.1, -0.05) is 23.7 Å². The van der Waals surface area contributed by atoms with Gasteiger partial charge in [-0.3, -0.25) is 14.9 Å². The second kappa shape index (κ2) is 9.38. The van der Waals surface area contributed by atoms with Gasteiger partial charge >= 0.3 is 5.97 Å². The Balaban J connectivity index is 1.94. The molecule has 0 saturated heterocycles. The van der Waals surface area contributed by atoms with Crippen molar-refractivity contribution in [2.45, 2.75) is 17.9 Å². The molecule has 1 atom stereocenters. The van der Waals surface area contributed by atoms with Crippen LogP contribution in [0.4, 0.5) is 5.69 Å². The molecule has 0 radical (unpaired) electrons. The first kappa shape index (κ1) is 20.7. The Labute approximate surface area is 165 Å². The average molecular weight is 409 g/mol. The fourth-order valence-corrected chi connectivity index (χ4v) is 2.96. The van der Waals surface area contributed by atoms with Crippen LogP contribution in [-0.2, 0) is 9.53 Å². The van der Waals surface area contributed by atoms with E-state index in [4.69, 9.17) is 16.3 Å². The van der Waals surface area contributed by atoms with Crippen LogP contribution < -0.4 is 5.32 Å². The minimum absolute atomic E-state index is 0.0121. The quantitative estimate of drug-likeness (QED) is 0.321. The molecule has 0 heterocycles. The van der Waals surface area contributed by atoms with E-state index in [1.54, 1.807) is 37.4 Å². The predicted molar refractivity (Wildman–Crippen MR) is 103 cm³/mol. The number of nitrogens with zero attached hydrogens (tertiary/aromatic N) is 1. The number of esters is 1. The number of hydrogen-bond acceptors (Lipinski definition) is 6. The molecule has 0 saturated carbocycles. The molecule has 0 unspecified atom stereocenters. The van der Waals surface area contributed by atoms with Crippen molar-refractivity contribution >= 4 is 40.9 Å². The summed E-state index contributed by atoms with van der Waals surface area (Å²) in [4.78, 5) is 35.0. The number of hydrogen-bond donors (Lipinski definition) is 1. The number of nitro groups is 1. The number of carbonyl (C=O) groups is 2. The zero-order valence-electron chi connectivity index (χ0n) is 14.6. The summed E-state index contributed by atoms with van der Waals surface area (Å²) in [6, 6.07) is 10.7. The van der Waals surface area contributed by atoms with Crippen LogP contribution in [0.25, 0.3) is 0 Å². The van der Waals surface area contributed by atoms with Crippen LogP contribution in [0.1, 0.15) is 28.9 Å². The number of amides is 1. The highest BCUT2D eigenvalue weighted by Crippen LogP contribution is 2.28. The van der Waals surface area contributed by atoms with Gasteiger partial charge in [0.1, 0.15) is 0 Å². The highest BCUT2D eigenvalue weighted by molar-refractivity contribution is 7.98. The van der Waals surface area contributed by atoms with E-state index in [2.05, 4.69) is 5.32 Å². The Morgan fingerprint density at radius 1 is 1.26 bits per heavy atom. The van der Waals surface area contributed by atoms with Crippen LogP contribution in [0.3, 0.4) is 0 Å². The van der Waals surface area contributed by atoms with Gasteiger partial charge in [-0.2, -0.15) is 0 Å². The van der Waals surface area contributed by atoms with Crippen LogP contribution in [0.5, 0.6) is 0 Å². The van der Waals surface area contributed by atoms with Crippen LogP contribution in [0, 0.1) is 10.1 Å². The maximum Gasteiger partial charge on any atom is 0.338 e. The van der Waals surface area contributed by atoms with Crippen LogP contribution in [-0.4, -0.2) is 29.7 Å². The van der Waals surface area contributed by atoms with E-state index in [0.29, 0.717) is 9.92 Å². The van der Waals surface area contributed by atoms with E-state index in [0.717, 1.165) is 11.6 Å². The molecule has 1 amide bonds. The van der Waals surface area contributed by atoms with Crippen molar-refractivity contribution in [2.24, 2.45) is 0 Å². The molecule has 0 aliphatic heterocycles. The van der Waals surface area contributed by atoms with Crippen molar-refractivity contribution < 1.29 is 19.2 Å². The maximum absolute atomic E-state index is 12.1. The Morgan fingerprint density at radius 2 is 1.93 bits per heavy atom. The number of nitro benzene ring substituents is 1. The van der Waals surface area contributed by atoms with Gasteiger partial charge in [-0.25, -0.2) is 4.79 Å². The van der Waals surface area contributed by atoms with Gasteiger partial charge in [-0.15, -0.1) is 11.8 Å². The summed E-state index contributed by atoms with van der Waals surface area (Å²) >= 11 is 7.03. The van der Waals surface area contributed by atoms with Gasteiger partial charge in [0.05, 0.1) is 21.4 Å². The van der Waals surface area contributed by atoms with E-state index in [9.17, 15) is 19.7 Å². The highest BCUT2D eigenvalue weighted by atomic mass is 35.5. The molecule has 0 aliphatic carbocycles. The molecule has 0 aromatic heterocycles. The molecule has 2 aromatic carbocycles. The van der Waals surface area contributed by atoms with Crippen molar-refractivity contribution in [2.75, 3.05) is 12.9 Å². The first-order chi connectivity index (χ1) is 12.8. The topological polar surface area (TPSA) is 98.5 Å². The monoisotopic (exact) mass is 408 g/mol. The molecule has 0 aliphatic rings. The molecule has 27 heavy (non-hydrogen) atoms. The number of carbonyl (C=O) groups excluding carboxylic acids is 2. The minimum Gasteiger partial charge on any atom is -0.452 e. The lowest BCUT2D eigenvalue weighted by molar-refractivity contribution is -0.387. The third-order valence-electron chi connectivity index (χ3n) is 3.69. The molecular weight excluding hydrogens is 392 g/mol. The van der Waals surface area contributed by atoms with Crippen LogP contribution >= 0.6 is 23.4 Å². The summed E-state index contributed by atoms with van der Waals surface area (Å²) in [6.07, 6.45) is 1.70. The SMILES string of the molecule is CSc1ccc(C(=O)OCC(=O)N[C@@H](C)c2ccc(Cl)cc2)cc1[N+](=O)[O-]. The van der Waals surface area contributed by atoms with E-state index >= 15 is 0 Å². The summed E-state index contributed by atoms with van der Waals surface area (Å²) in [5, 5.41) is 14.4. The normalized spacial score (nSPS) is 11.5. The van der Waals surface area contributed by atoms with E-state index in [1.807, 2.05) is 0 Å². The van der Waals surface area contributed by atoms with Crippen molar-refractivity contribution in [3.63, 3.8) is 0 Å². The van der Waals surface area contributed by atoms with E-state index < -0.39 is 23.4 Å². The number of nitrogens with one attached hydrogen (secondary N) is 1. The third kappa shape index (κ3) is 5.70. The van der Waals surface area contributed by atoms with Gasteiger partial charge in [-0.05, 0) is 43.0 Å². The molecule has 2 aromatic rings. The molecule has 2 rings (SSSR count). The number of rotatable bonds is 7. The molecular formula is C18H17ClN2O5S.